The fourth-order valence-corrected chi connectivity index (χ4v) is 4.76. The van der Waals surface area contributed by atoms with Gasteiger partial charge in [0, 0.05) is 24.2 Å². The number of hydrogen-bond donors (Lipinski definition) is 2. The second-order valence-corrected chi connectivity index (χ2v) is 7.78. The Balaban J connectivity index is 1.59. The van der Waals surface area contributed by atoms with Crippen molar-refractivity contribution in [3.63, 3.8) is 0 Å². The van der Waals surface area contributed by atoms with Gasteiger partial charge in [-0.05, 0) is 44.6 Å². The lowest BCUT2D eigenvalue weighted by atomic mass is 9.72. The van der Waals surface area contributed by atoms with Gasteiger partial charge in [0.1, 0.15) is 11.8 Å². The number of nitrogens with zero attached hydrogens (tertiary/aromatic N) is 4. The Morgan fingerprint density at radius 2 is 2.04 bits per heavy atom. The summed E-state index contributed by atoms with van der Waals surface area (Å²) in [5, 5.41) is 30.2. The number of benzene rings is 1. The van der Waals surface area contributed by atoms with Crippen molar-refractivity contribution < 1.29 is 19.4 Å². The minimum absolute atomic E-state index is 0.0559. The van der Waals surface area contributed by atoms with Crippen LogP contribution in [0.2, 0.25) is 0 Å². The monoisotopic (exact) mass is 362 g/mol. The molecule has 2 atom stereocenters. The summed E-state index contributed by atoms with van der Waals surface area (Å²) in [7, 11) is 0. The van der Waals surface area contributed by atoms with E-state index < -0.39 is 29.6 Å². The zero-order chi connectivity index (χ0) is 18.5. The minimum Gasteiger partial charge on any atom is -0.465 e. The molecule has 0 radical (unpaired) electrons. The number of carbonyl (C=O) groups is 1. The molecule has 1 unspecified atom stereocenters. The SMILES string of the molecule is CC12CC(C1)[C@H](C(O)c1cccc(/N=N/N3CCCC3)c1F)N2C(=O)O. The van der Waals surface area contributed by atoms with Gasteiger partial charge in [0.15, 0.2) is 5.82 Å². The third-order valence-electron chi connectivity index (χ3n) is 5.98. The lowest BCUT2D eigenvalue weighted by molar-refractivity contribution is 0.0499. The molecule has 3 heterocycles. The summed E-state index contributed by atoms with van der Waals surface area (Å²) in [6, 6.07) is 3.99. The van der Waals surface area contributed by atoms with Crippen LogP contribution in [0, 0.1) is 11.7 Å². The van der Waals surface area contributed by atoms with Crippen molar-refractivity contribution in [2.24, 2.45) is 16.3 Å². The smallest absolute Gasteiger partial charge is 0.408 e. The van der Waals surface area contributed by atoms with Gasteiger partial charge in [-0.2, -0.15) is 0 Å². The van der Waals surface area contributed by atoms with Crippen LogP contribution in [-0.4, -0.2) is 50.9 Å². The van der Waals surface area contributed by atoms with Crippen LogP contribution in [0.1, 0.15) is 44.3 Å². The van der Waals surface area contributed by atoms with Crippen LogP contribution in [0.4, 0.5) is 14.9 Å². The van der Waals surface area contributed by atoms with Crippen LogP contribution in [0.25, 0.3) is 0 Å². The third kappa shape index (κ3) is 2.63. The molecule has 8 heteroatoms. The van der Waals surface area contributed by atoms with Crippen molar-refractivity contribution in [1.82, 2.24) is 9.91 Å². The van der Waals surface area contributed by atoms with Crippen LogP contribution < -0.4 is 0 Å². The van der Waals surface area contributed by atoms with E-state index in [1.807, 2.05) is 6.92 Å². The number of aliphatic hydroxyl groups is 1. The number of hydrogen-bond acceptors (Lipinski definition) is 4. The normalized spacial score (nSPS) is 31.5. The largest absolute Gasteiger partial charge is 0.465 e. The molecule has 140 valence electrons. The molecule has 2 N–H and O–H groups in total. The standard InChI is InChI=1S/C18H23FN4O3/c1-18-9-11(10-18)15(23(18)17(25)26)16(24)12-5-4-6-13(14(12)19)20-21-22-7-2-3-8-22/h4-6,11,15-16,24H,2-3,7-10H2,1H3,(H,25,26)/b21-20+/t11?,15-,16?,18?/m1/s1. The maximum atomic E-state index is 14.9. The predicted octanol–water partition coefficient (Wildman–Crippen LogP) is 3.48. The Labute approximate surface area is 151 Å². The number of carboxylic acid groups (broad SMARTS) is 1. The molecule has 5 rings (SSSR count). The Morgan fingerprint density at radius 1 is 1.35 bits per heavy atom. The average Bonchev–Trinajstić information content (AvgIpc) is 3.25. The Kier molecular flexibility index (Phi) is 4.10. The fraction of sp³-hybridized carbons (Fsp3) is 0.611. The number of halogens is 1. The summed E-state index contributed by atoms with van der Waals surface area (Å²) in [4.78, 5) is 13.0. The quantitative estimate of drug-likeness (QED) is 0.803. The number of aliphatic hydroxyl groups excluding tert-OH is 1. The highest BCUT2D eigenvalue weighted by atomic mass is 19.1. The van der Waals surface area contributed by atoms with Gasteiger partial charge < -0.3 is 10.2 Å². The number of amides is 1. The molecule has 1 amide bonds. The van der Waals surface area contributed by atoms with Crippen molar-refractivity contribution in [2.45, 2.75) is 50.3 Å². The van der Waals surface area contributed by atoms with Gasteiger partial charge in [0.05, 0.1) is 6.04 Å². The molecule has 3 aliphatic heterocycles. The lowest BCUT2D eigenvalue weighted by Gasteiger charge is -2.37. The highest BCUT2D eigenvalue weighted by Crippen LogP contribution is 2.57. The molecular formula is C18H23FN4O3. The van der Waals surface area contributed by atoms with E-state index in [1.165, 1.54) is 17.0 Å². The first kappa shape index (κ1) is 17.2. The molecule has 2 bridgehead atoms. The molecule has 7 nitrogen and oxygen atoms in total. The van der Waals surface area contributed by atoms with E-state index in [2.05, 4.69) is 10.3 Å². The topological polar surface area (TPSA) is 88.7 Å². The minimum atomic E-state index is -1.22. The molecule has 0 aromatic heterocycles. The second-order valence-electron chi connectivity index (χ2n) is 7.78. The van der Waals surface area contributed by atoms with Gasteiger partial charge in [0.2, 0.25) is 0 Å². The molecular weight excluding hydrogens is 339 g/mol. The van der Waals surface area contributed by atoms with Gasteiger partial charge >= 0.3 is 6.09 Å². The maximum Gasteiger partial charge on any atom is 0.408 e. The molecule has 1 aromatic rings. The maximum absolute atomic E-state index is 14.9. The van der Waals surface area contributed by atoms with E-state index in [4.69, 9.17) is 0 Å². The summed E-state index contributed by atoms with van der Waals surface area (Å²) in [6.07, 6.45) is 1.22. The highest BCUT2D eigenvalue weighted by Gasteiger charge is 2.63. The third-order valence-corrected chi connectivity index (χ3v) is 5.98. The molecule has 4 aliphatic rings. The fourth-order valence-electron chi connectivity index (χ4n) is 4.76. The average molecular weight is 362 g/mol. The van der Waals surface area contributed by atoms with E-state index in [-0.39, 0.29) is 17.2 Å². The number of rotatable bonds is 4. The summed E-state index contributed by atoms with van der Waals surface area (Å²) in [5.41, 5.74) is -0.312. The molecule has 26 heavy (non-hydrogen) atoms. The summed E-state index contributed by atoms with van der Waals surface area (Å²) >= 11 is 0. The van der Waals surface area contributed by atoms with E-state index in [0.717, 1.165) is 25.9 Å². The van der Waals surface area contributed by atoms with E-state index >= 15 is 0 Å². The second kappa shape index (κ2) is 6.19. The van der Waals surface area contributed by atoms with Crippen LogP contribution in [-0.2, 0) is 0 Å². The molecule has 1 aliphatic carbocycles. The first-order valence-electron chi connectivity index (χ1n) is 9.06. The van der Waals surface area contributed by atoms with E-state index in [9.17, 15) is 19.4 Å². The first-order chi connectivity index (χ1) is 12.4. The zero-order valence-electron chi connectivity index (χ0n) is 14.7. The van der Waals surface area contributed by atoms with Gasteiger partial charge in [-0.15, -0.1) is 5.11 Å². The number of fused-ring (bicyclic) bond motifs is 1. The van der Waals surface area contributed by atoms with Crippen LogP contribution >= 0.6 is 0 Å². The Bertz CT molecular complexity index is 744. The van der Waals surface area contributed by atoms with Crippen LogP contribution in [0.5, 0.6) is 0 Å². The summed E-state index contributed by atoms with van der Waals surface area (Å²) in [5.74, 6) is -0.581. The Hall–Kier alpha value is -2.22. The molecule has 1 saturated carbocycles. The van der Waals surface area contributed by atoms with Crippen molar-refractivity contribution >= 4 is 11.8 Å². The van der Waals surface area contributed by atoms with E-state index in [0.29, 0.717) is 12.8 Å². The van der Waals surface area contributed by atoms with Crippen molar-refractivity contribution in [3.8, 4) is 0 Å². The van der Waals surface area contributed by atoms with Gasteiger partial charge in [0.25, 0.3) is 0 Å². The summed E-state index contributed by atoms with van der Waals surface area (Å²) < 4.78 is 14.9. The summed E-state index contributed by atoms with van der Waals surface area (Å²) in [6.45, 7) is 3.49. The zero-order valence-corrected chi connectivity index (χ0v) is 14.7. The van der Waals surface area contributed by atoms with Crippen LogP contribution in [0.3, 0.4) is 0 Å². The highest BCUT2D eigenvalue weighted by molar-refractivity contribution is 5.68. The van der Waals surface area contributed by atoms with E-state index in [1.54, 1.807) is 11.1 Å². The molecule has 1 aromatic carbocycles. The molecule has 0 spiro atoms. The van der Waals surface area contributed by atoms with Gasteiger partial charge in [-0.3, -0.25) is 9.91 Å². The van der Waals surface area contributed by atoms with Crippen molar-refractivity contribution in [2.75, 3.05) is 13.1 Å². The van der Waals surface area contributed by atoms with Crippen LogP contribution in [0.15, 0.2) is 28.5 Å². The molecule has 3 saturated heterocycles. The predicted molar refractivity (Wildman–Crippen MR) is 91.5 cm³/mol. The van der Waals surface area contributed by atoms with Crippen molar-refractivity contribution in [1.29, 1.82) is 0 Å². The lowest BCUT2D eigenvalue weighted by Crippen LogP contribution is -2.47. The molecule has 4 fully saturated rings. The van der Waals surface area contributed by atoms with Gasteiger partial charge in [-0.25, -0.2) is 9.18 Å². The Morgan fingerprint density at radius 3 is 2.69 bits per heavy atom. The van der Waals surface area contributed by atoms with Crippen molar-refractivity contribution in [3.05, 3.63) is 29.6 Å². The van der Waals surface area contributed by atoms with Gasteiger partial charge in [-0.1, -0.05) is 17.4 Å². The first-order valence-corrected chi connectivity index (χ1v) is 9.06.